The lowest BCUT2D eigenvalue weighted by molar-refractivity contribution is 0.322. The molecule has 0 aromatic heterocycles. The number of hydrogen-bond donors (Lipinski definition) is 1. The van der Waals surface area contributed by atoms with Crippen molar-refractivity contribution < 1.29 is 18.9 Å². The Balaban J connectivity index is 1.70. The maximum atomic E-state index is 5.60. The second-order valence-electron chi connectivity index (χ2n) is 7.34. The van der Waals surface area contributed by atoms with E-state index < -0.39 is 0 Å². The minimum Gasteiger partial charge on any atom is -0.497 e. The van der Waals surface area contributed by atoms with E-state index in [9.17, 15) is 0 Å². The standard InChI is InChI=1S/C24H34N4O4/c1-6-25-24(26-17-18-7-12-21(30-3)23(32-5)22(18)31-4)28-15-13-27(14-16-28)19-8-10-20(29-2)11-9-19/h7-12H,6,13-17H2,1-5H3,(H,25,26). The van der Waals surface area contributed by atoms with Gasteiger partial charge in [0, 0.05) is 44.0 Å². The van der Waals surface area contributed by atoms with Gasteiger partial charge in [0.15, 0.2) is 17.5 Å². The zero-order chi connectivity index (χ0) is 22.9. The fourth-order valence-electron chi connectivity index (χ4n) is 3.84. The van der Waals surface area contributed by atoms with Crippen molar-refractivity contribution in [2.75, 3.05) is 66.1 Å². The third-order valence-corrected chi connectivity index (χ3v) is 5.54. The van der Waals surface area contributed by atoms with Crippen LogP contribution in [-0.2, 0) is 6.54 Å². The molecule has 3 rings (SSSR count). The smallest absolute Gasteiger partial charge is 0.203 e. The van der Waals surface area contributed by atoms with Crippen LogP contribution >= 0.6 is 0 Å². The Morgan fingerprint density at radius 3 is 2.09 bits per heavy atom. The van der Waals surface area contributed by atoms with Crippen LogP contribution in [0.15, 0.2) is 41.4 Å². The van der Waals surface area contributed by atoms with Crippen LogP contribution in [0, 0.1) is 0 Å². The third kappa shape index (κ3) is 5.30. The summed E-state index contributed by atoms with van der Waals surface area (Å²) in [6.45, 7) is 7.00. The molecule has 8 heteroatoms. The number of ether oxygens (including phenoxy) is 4. The number of methoxy groups -OCH3 is 4. The quantitative estimate of drug-likeness (QED) is 0.498. The molecule has 2 aromatic carbocycles. The summed E-state index contributed by atoms with van der Waals surface area (Å²) in [4.78, 5) is 9.58. The molecule has 1 saturated heterocycles. The van der Waals surface area contributed by atoms with Crippen molar-refractivity contribution in [3.05, 3.63) is 42.0 Å². The van der Waals surface area contributed by atoms with Gasteiger partial charge in [-0.15, -0.1) is 0 Å². The monoisotopic (exact) mass is 442 g/mol. The average Bonchev–Trinajstić information content (AvgIpc) is 2.86. The predicted octanol–water partition coefficient (Wildman–Crippen LogP) is 3.01. The van der Waals surface area contributed by atoms with Crippen LogP contribution in [0.1, 0.15) is 12.5 Å². The van der Waals surface area contributed by atoms with Gasteiger partial charge in [-0.3, -0.25) is 0 Å². The molecule has 0 aliphatic carbocycles. The first kappa shape index (κ1) is 23.4. The minimum absolute atomic E-state index is 0.477. The Morgan fingerprint density at radius 2 is 1.53 bits per heavy atom. The number of hydrogen-bond acceptors (Lipinski definition) is 6. The summed E-state index contributed by atoms with van der Waals surface area (Å²) in [5.41, 5.74) is 2.15. The lowest BCUT2D eigenvalue weighted by atomic mass is 10.1. The van der Waals surface area contributed by atoms with E-state index in [4.69, 9.17) is 23.9 Å². The van der Waals surface area contributed by atoms with Crippen LogP contribution < -0.4 is 29.2 Å². The maximum Gasteiger partial charge on any atom is 0.203 e. The average molecular weight is 443 g/mol. The Bertz CT molecular complexity index is 894. The number of aliphatic imine (C=N–C) groups is 1. The van der Waals surface area contributed by atoms with Crippen molar-refractivity contribution in [3.63, 3.8) is 0 Å². The van der Waals surface area contributed by atoms with E-state index in [1.54, 1.807) is 28.4 Å². The van der Waals surface area contributed by atoms with Crippen molar-refractivity contribution in [2.24, 2.45) is 4.99 Å². The molecule has 0 amide bonds. The normalized spacial score (nSPS) is 14.2. The van der Waals surface area contributed by atoms with Crippen LogP contribution in [0.2, 0.25) is 0 Å². The molecule has 174 valence electrons. The fraction of sp³-hybridized carbons (Fsp3) is 0.458. The van der Waals surface area contributed by atoms with Gasteiger partial charge in [0.25, 0.3) is 0 Å². The number of nitrogens with zero attached hydrogens (tertiary/aromatic N) is 3. The first-order valence-electron chi connectivity index (χ1n) is 10.8. The van der Waals surface area contributed by atoms with Gasteiger partial charge in [-0.1, -0.05) is 0 Å². The number of guanidine groups is 1. The van der Waals surface area contributed by atoms with Crippen molar-refractivity contribution in [1.29, 1.82) is 0 Å². The Morgan fingerprint density at radius 1 is 0.844 bits per heavy atom. The van der Waals surface area contributed by atoms with E-state index in [1.807, 2.05) is 24.3 Å². The molecule has 0 unspecified atom stereocenters. The summed E-state index contributed by atoms with van der Waals surface area (Å²) < 4.78 is 21.7. The van der Waals surface area contributed by atoms with Crippen LogP contribution in [0.25, 0.3) is 0 Å². The summed E-state index contributed by atoms with van der Waals surface area (Å²) in [7, 11) is 6.55. The first-order valence-corrected chi connectivity index (χ1v) is 10.8. The van der Waals surface area contributed by atoms with Gasteiger partial charge in [-0.2, -0.15) is 0 Å². The van der Waals surface area contributed by atoms with Gasteiger partial charge in [0.1, 0.15) is 5.75 Å². The fourth-order valence-corrected chi connectivity index (χ4v) is 3.84. The Hall–Kier alpha value is -3.29. The van der Waals surface area contributed by atoms with Crippen LogP contribution in [0.3, 0.4) is 0 Å². The molecular formula is C24H34N4O4. The topological polar surface area (TPSA) is 67.8 Å². The number of nitrogens with one attached hydrogen (secondary N) is 1. The predicted molar refractivity (Wildman–Crippen MR) is 128 cm³/mol. The number of benzene rings is 2. The molecule has 0 spiro atoms. The molecule has 1 N–H and O–H groups in total. The maximum absolute atomic E-state index is 5.60. The van der Waals surface area contributed by atoms with Gasteiger partial charge < -0.3 is 34.1 Å². The van der Waals surface area contributed by atoms with E-state index in [0.29, 0.717) is 23.8 Å². The largest absolute Gasteiger partial charge is 0.497 e. The summed E-state index contributed by atoms with van der Waals surface area (Å²) in [5, 5.41) is 3.43. The molecule has 8 nitrogen and oxygen atoms in total. The molecule has 1 aliphatic rings. The second-order valence-corrected chi connectivity index (χ2v) is 7.34. The van der Waals surface area contributed by atoms with Gasteiger partial charge >= 0.3 is 0 Å². The molecule has 1 heterocycles. The Labute approximate surface area is 190 Å². The van der Waals surface area contributed by atoms with Gasteiger partial charge in [-0.25, -0.2) is 4.99 Å². The molecule has 2 aromatic rings. The van der Waals surface area contributed by atoms with Crippen molar-refractivity contribution >= 4 is 11.6 Å². The molecular weight excluding hydrogens is 408 g/mol. The van der Waals surface area contributed by atoms with E-state index >= 15 is 0 Å². The second kappa shape index (κ2) is 11.4. The highest BCUT2D eigenvalue weighted by atomic mass is 16.5. The van der Waals surface area contributed by atoms with Gasteiger partial charge in [-0.05, 0) is 43.3 Å². The zero-order valence-corrected chi connectivity index (χ0v) is 19.7. The lowest BCUT2D eigenvalue weighted by Gasteiger charge is -2.37. The van der Waals surface area contributed by atoms with Gasteiger partial charge in [0.2, 0.25) is 5.75 Å². The Kier molecular flexibility index (Phi) is 8.30. The van der Waals surface area contributed by atoms with Crippen LogP contribution in [0.5, 0.6) is 23.0 Å². The van der Waals surface area contributed by atoms with Crippen LogP contribution in [0.4, 0.5) is 5.69 Å². The summed E-state index contributed by atoms with van der Waals surface area (Å²) in [5.74, 6) is 3.65. The van der Waals surface area contributed by atoms with E-state index in [1.165, 1.54) is 5.69 Å². The number of piperazine rings is 1. The molecule has 0 bridgehead atoms. The third-order valence-electron chi connectivity index (χ3n) is 5.54. The van der Waals surface area contributed by atoms with E-state index in [2.05, 4.69) is 34.2 Å². The number of rotatable bonds is 8. The summed E-state index contributed by atoms with van der Waals surface area (Å²) >= 11 is 0. The molecule has 0 radical (unpaired) electrons. The SMILES string of the molecule is CCNC(=NCc1ccc(OC)c(OC)c1OC)N1CCN(c2ccc(OC)cc2)CC1. The van der Waals surface area contributed by atoms with Crippen molar-refractivity contribution in [3.8, 4) is 23.0 Å². The highest BCUT2D eigenvalue weighted by Crippen LogP contribution is 2.40. The van der Waals surface area contributed by atoms with E-state index in [0.717, 1.165) is 50.0 Å². The molecule has 1 fully saturated rings. The molecule has 1 aliphatic heterocycles. The minimum atomic E-state index is 0.477. The van der Waals surface area contributed by atoms with Crippen molar-refractivity contribution in [1.82, 2.24) is 10.2 Å². The number of anilines is 1. The first-order chi connectivity index (χ1) is 15.6. The highest BCUT2D eigenvalue weighted by Gasteiger charge is 2.21. The highest BCUT2D eigenvalue weighted by molar-refractivity contribution is 5.80. The zero-order valence-electron chi connectivity index (χ0n) is 19.7. The van der Waals surface area contributed by atoms with Crippen molar-refractivity contribution in [2.45, 2.75) is 13.5 Å². The van der Waals surface area contributed by atoms with Gasteiger partial charge in [0.05, 0.1) is 35.0 Å². The molecule has 0 saturated carbocycles. The lowest BCUT2D eigenvalue weighted by Crippen LogP contribution is -2.52. The molecule has 0 atom stereocenters. The van der Waals surface area contributed by atoms with E-state index in [-0.39, 0.29) is 0 Å². The summed E-state index contributed by atoms with van der Waals surface area (Å²) in [6, 6.07) is 12.1. The molecule has 32 heavy (non-hydrogen) atoms. The summed E-state index contributed by atoms with van der Waals surface area (Å²) in [6.07, 6.45) is 0. The van der Waals surface area contributed by atoms with Crippen LogP contribution in [-0.4, -0.2) is 72.0 Å².